The molecule has 0 amide bonds. The minimum Gasteiger partial charge on any atom is -0.362 e. The van der Waals surface area contributed by atoms with Crippen molar-refractivity contribution in [1.29, 1.82) is 0 Å². The molecule has 5 nitrogen and oxygen atoms in total. The van der Waals surface area contributed by atoms with Gasteiger partial charge in [0.15, 0.2) is 0 Å². The molecule has 0 bridgehead atoms. The molecular weight excluding hydrogens is 227 g/mol. The Morgan fingerprint density at radius 2 is 1.88 bits per heavy atom. The first-order chi connectivity index (χ1) is 7.65. The molecule has 0 aromatic heterocycles. The maximum absolute atomic E-state index is 11.6. The molecule has 0 unspecified atom stereocenters. The van der Waals surface area contributed by atoms with Gasteiger partial charge in [0.05, 0.1) is 5.57 Å². The van der Waals surface area contributed by atoms with E-state index in [4.69, 9.17) is 12.2 Å². The lowest BCUT2D eigenvalue weighted by Gasteiger charge is -1.97. The lowest BCUT2D eigenvalue weighted by Crippen LogP contribution is -2.09. The van der Waals surface area contributed by atoms with Gasteiger partial charge in [-0.1, -0.05) is 24.3 Å². The van der Waals surface area contributed by atoms with E-state index in [9.17, 15) is 8.42 Å². The average Bonchev–Trinajstić information content (AvgIpc) is 2.36. The van der Waals surface area contributed by atoms with E-state index in [2.05, 4.69) is 5.10 Å². The van der Waals surface area contributed by atoms with Crippen LogP contribution in [0.4, 0.5) is 0 Å². The van der Waals surface area contributed by atoms with Gasteiger partial charge in [0.25, 0.3) is 13.9 Å². The normalized spacial score (nSPS) is 29.9. The van der Waals surface area contributed by atoms with E-state index < -0.39 is 10.1 Å². The molecule has 80 valence electrons. The molecule has 2 aliphatic rings. The molecule has 0 aromatic rings. The van der Waals surface area contributed by atoms with E-state index in [-0.39, 0.29) is 10.8 Å². The number of nitrogens with one attached hydrogen (secondary N) is 1. The molecule has 1 aliphatic heterocycles. The standard InChI is InChI=1S/C9H7BN2O3S/c10-12-11-9-7-5-3-1-2-4-6-8(7)16(13,14)15-9/h1-6,12H/b2-1-,3-1?,4-2?,5-3-,6-4-,7-5?,8-6?,11-9-. The van der Waals surface area contributed by atoms with Crippen molar-refractivity contribution in [3.8, 4) is 0 Å². The topological polar surface area (TPSA) is 67.8 Å². The van der Waals surface area contributed by atoms with Gasteiger partial charge in [-0.3, -0.25) is 0 Å². The van der Waals surface area contributed by atoms with Crippen LogP contribution in [0.15, 0.2) is 52.0 Å². The summed E-state index contributed by atoms with van der Waals surface area (Å²) >= 11 is 0. The Labute approximate surface area is 94.4 Å². The highest BCUT2D eigenvalue weighted by atomic mass is 32.2. The van der Waals surface area contributed by atoms with Crippen molar-refractivity contribution >= 4 is 24.0 Å². The molecule has 0 spiro atoms. The molecule has 0 aromatic carbocycles. The predicted molar refractivity (Wildman–Crippen MR) is 60.8 cm³/mol. The molecule has 7 heteroatoms. The van der Waals surface area contributed by atoms with Gasteiger partial charge in [0.2, 0.25) is 0 Å². The van der Waals surface area contributed by atoms with Crippen LogP contribution in [0.5, 0.6) is 0 Å². The van der Waals surface area contributed by atoms with Crippen LogP contribution < -0.4 is 5.34 Å². The van der Waals surface area contributed by atoms with Gasteiger partial charge in [-0.05, 0) is 12.2 Å². The molecule has 0 saturated heterocycles. The highest BCUT2D eigenvalue weighted by Gasteiger charge is 2.34. The van der Waals surface area contributed by atoms with Gasteiger partial charge < -0.3 is 9.52 Å². The fourth-order valence-corrected chi connectivity index (χ4v) is 2.42. The van der Waals surface area contributed by atoms with Crippen LogP contribution in [-0.2, 0) is 14.3 Å². The van der Waals surface area contributed by atoms with Crippen molar-refractivity contribution in [3.63, 3.8) is 0 Å². The number of hydrazone groups is 1. The Kier molecular flexibility index (Phi) is 2.70. The largest absolute Gasteiger partial charge is 0.362 e. The number of allylic oxidation sites excluding steroid dienone is 5. The second-order valence-corrected chi connectivity index (χ2v) is 4.48. The third kappa shape index (κ3) is 1.81. The van der Waals surface area contributed by atoms with Crippen LogP contribution in [0.1, 0.15) is 0 Å². The predicted octanol–water partition coefficient (Wildman–Crippen LogP) is 0.269. The first-order valence-corrected chi connectivity index (χ1v) is 5.80. The Hall–Kier alpha value is -1.76. The third-order valence-corrected chi connectivity index (χ3v) is 3.24. The van der Waals surface area contributed by atoms with E-state index in [0.29, 0.717) is 5.57 Å². The molecule has 1 heterocycles. The monoisotopic (exact) mass is 234 g/mol. The Morgan fingerprint density at radius 3 is 2.56 bits per heavy atom. The zero-order valence-electron chi connectivity index (χ0n) is 8.12. The summed E-state index contributed by atoms with van der Waals surface area (Å²) in [5.41, 5.74) is 0.374. The Balaban J connectivity index is 2.60. The SMILES string of the molecule is [B]N/N=C1\OS(=O)(=O)C2=C1\C=C/C=C\C=C/2. The molecule has 0 atom stereocenters. The Bertz CT molecular complexity index is 555. The van der Waals surface area contributed by atoms with Gasteiger partial charge >= 0.3 is 10.1 Å². The van der Waals surface area contributed by atoms with E-state index in [1.165, 1.54) is 6.08 Å². The fraction of sp³-hybridized carbons (Fsp3) is 0. The first-order valence-electron chi connectivity index (χ1n) is 4.39. The van der Waals surface area contributed by atoms with Gasteiger partial charge in [-0.2, -0.15) is 13.5 Å². The number of hydrogen-bond donors (Lipinski definition) is 1. The van der Waals surface area contributed by atoms with Crippen LogP contribution in [0, 0.1) is 0 Å². The zero-order valence-corrected chi connectivity index (χ0v) is 8.94. The van der Waals surface area contributed by atoms with E-state index in [1.807, 2.05) is 5.34 Å². The van der Waals surface area contributed by atoms with E-state index in [1.54, 1.807) is 30.4 Å². The van der Waals surface area contributed by atoms with Crippen molar-refractivity contribution in [2.75, 3.05) is 0 Å². The molecule has 1 aliphatic carbocycles. The highest BCUT2D eigenvalue weighted by molar-refractivity contribution is 7.91. The summed E-state index contributed by atoms with van der Waals surface area (Å²) in [5.74, 6) is -0.0614. The van der Waals surface area contributed by atoms with E-state index in [0.717, 1.165) is 0 Å². The van der Waals surface area contributed by atoms with Gasteiger partial charge in [0.1, 0.15) is 4.91 Å². The van der Waals surface area contributed by atoms with Crippen molar-refractivity contribution in [2.45, 2.75) is 0 Å². The maximum atomic E-state index is 11.6. The zero-order chi connectivity index (χ0) is 11.6. The van der Waals surface area contributed by atoms with Gasteiger partial charge in [0, 0.05) is 0 Å². The van der Waals surface area contributed by atoms with Gasteiger partial charge in [-0.25, -0.2) is 0 Å². The second-order valence-electron chi connectivity index (χ2n) is 2.96. The highest BCUT2D eigenvalue weighted by Crippen LogP contribution is 2.28. The molecule has 0 fully saturated rings. The van der Waals surface area contributed by atoms with Crippen LogP contribution in [0.2, 0.25) is 0 Å². The van der Waals surface area contributed by atoms with Crippen molar-refractivity contribution in [2.24, 2.45) is 5.10 Å². The average molecular weight is 234 g/mol. The maximum Gasteiger partial charge on any atom is 0.341 e. The summed E-state index contributed by atoms with van der Waals surface area (Å²) in [5, 5.41) is 5.56. The third-order valence-electron chi connectivity index (χ3n) is 1.96. The summed E-state index contributed by atoms with van der Waals surface area (Å²) in [6, 6.07) is 0. The van der Waals surface area contributed by atoms with Crippen LogP contribution in [-0.4, -0.2) is 22.3 Å². The summed E-state index contributed by atoms with van der Waals surface area (Å²) < 4.78 is 27.9. The quantitative estimate of drug-likeness (QED) is 0.401. The van der Waals surface area contributed by atoms with Crippen molar-refractivity contribution in [1.82, 2.24) is 5.34 Å². The smallest absolute Gasteiger partial charge is 0.341 e. The number of hydrogen-bond acceptors (Lipinski definition) is 5. The van der Waals surface area contributed by atoms with Crippen LogP contribution in [0.3, 0.4) is 0 Å². The number of nitrogens with zero attached hydrogens (tertiary/aromatic N) is 1. The molecule has 1 N–H and O–H groups in total. The lowest BCUT2D eigenvalue weighted by molar-refractivity contribution is 0.496. The first kappa shape index (κ1) is 10.8. The van der Waals surface area contributed by atoms with Crippen LogP contribution in [0.25, 0.3) is 0 Å². The minimum absolute atomic E-state index is 0.0614. The van der Waals surface area contributed by atoms with E-state index >= 15 is 0 Å². The van der Waals surface area contributed by atoms with Crippen molar-refractivity contribution in [3.05, 3.63) is 46.9 Å². The summed E-state index contributed by atoms with van der Waals surface area (Å²) in [6.07, 6.45) is 9.82. The summed E-state index contributed by atoms with van der Waals surface area (Å²) in [6.45, 7) is 0. The fourth-order valence-electron chi connectivity index (χ4n) is 1.32. The molecule has 2 rings (SSSR count). The number of rotatable bonds is 1. The molecule has 2 radical (unpaired) electrons. The molecule has 16 heavy (non-hydrogen) atoms. The second kappa shape index (κ2) is 4.01. The lowest BCUT2D eigenvalue weighted by atomic mass is 10.2. The minimum atomic E-state index is -3.78. The molecular formula is C9H7BN2O3S. The van der Waals surface area contributed by atoms with Crippen molar-refractivity contribution < 1.29 is 12.6 Å². The van der Waals surface area contributed by atoms with Gasteiger partial charge in [-0.15, -0.1) is 0 Å². The van der Waals surface area contributed by atoms with Crippen LogP contribution >= 0.6 is 0 Å². The Morgan fingerprint density at radius 1 is 1.19 bits per heavy atom. The summed E-state index contributed by atoms with van der Waals surface area (Å²) in [4.78, 5) is 0.0714. The molecule has 0 saturated carbocycles. The summed E-state index contributed by atoms with van der Waals surface area (Å²) in [7, 11) is 1.22.